The predicted molar refractivity (Wildman–Crippen MR) is 103 cm³/mol. The Morgan fingerprint density at radius 3 is 2.32 bits per heavy atom. The fraction of sp³-hybridized carbons (Fsp3) is 0.667. The number of carbonyl (C=O) groups excluding carboxylic acids is 1. The van der Waals surface area contributed by atoms with E-state index in [1.807, 2.05) is 0 Å². The number of carbonyl (C=O) groups is 1. The SMILES string of the molecule is Cc1ccccc1CN1CCN(CC(=O)NC2CCCCCC2)CC1. The molecule has 3 rings (SSSR count). The standard InChI is InChI=1S/C21H33N3O/c1-18-8-6-7-9-19(18)16-23-12-14-24(15-13-23)17-21(25)22-20-10-4-2-3-5-11-20/h6-9,20H,2-5,10-17H2,1H3,(H,22,25). The highest BCUT2D eigenvalue weighted by atomic mass is 16.2. The first kappa shape index (κ1) is 18.4. The van der Waals surface area contributed by atoms with Crippen molar-refractivity contribution < 1.29 is 4.79 Å². The third-order valence-electron chi connectivity index (χ3n) is 5.71. The van der Waals surface area contributed by atoms with Crippen molar-refractivity contribution in [1.29, 1.82) is 0 Å². The van der Waals surface area contributed by atoms with Crippen LogP contribution in [-0.2, 0) is 11.3 Å². The maximum atomic E-state index is 12.3. The zero-order chi connectivity index (χ0) is 17.5. The number of piperazine rings is 1. The van der Waals surface area contributed by atoms with Crippen LogP contribution in [0, 0.1) is 6.92 Å². The molecule has 0 atom stereocenters. The van der Waals surface area contributed by atoms with E-state index in [1.165, 1.54) is 36.8 Å². The van der Waals surface area contributed by atoms with Crippen molar-refractivity contribution in [3.63, 3.8) is 0 Å². The second-order valence-corrected chi connectivity index (χ2v) is 7.73. The number of aryl methyl sites for hydroxylation is 1. The van der Waals surface area contributed by atoms with Gasteiger partial charge in [0.25, 0.3) is 0 Å². The minimum atomic E-state index is 0.222. The van der Waals surface area contributed by atoms with E-state index < -0.39 is 0 Å². The first-order valence-corrected chi connectivity index (χ1v) is 9.99. The first-order chi connectivity index (χ1) is 12.2. The van der Waals surface area contributed by atoms with Gasteiger partial charge in [-0.25, -0.2) is 0 Å². The summed E-state index contributed by atoms with van der Waals surface area (Å²) in [7, 11) is 0. The summed E-state index contributed by atoms with van der Waals surface area (Å²) in [5.74, 6) is 0.222. The molecule has 4 heteroatoms. The summed E-state index contributed by atoms with van der Waals surface area (Å²) >= 11 is 0. The molecule has 1 aliphatic heterocycles. The van der Waals surface area contributed by atoms with Crippen molar-refractivity contribution in [1.82, 2.24) is 15.1 Å². The Morgan fingerprint density at radius 1 is 1.00 bits per heavy atom. The average Bonchev–Trinajstić information content (AvgIpc) is 2.87. The molecular weight excluding hydrogens is 310 g/mol. The van der Waals surface area contributed by atoms with Crippen LogP contribution in [0.5, 0.6) is 0 Å². The van der Waals surface area contributed by atoms with Gasteiger partial charge in [0.1, 0.15) is 0 Å². The maximum absolute atomic E-state index is 12.3. The van der Waals surface area contributed by atoms with Crippen molar-refractivity contribution in [3.8, 4) is 0 Å². The zero-order valence-corrected chi connectivity index (χ0v) is 15.7. The Balaban J connectivity index is 1.38. The third kappa shape index (κ3) is 5.82. The van der Waals surface area contributed by atoms with Gasteiger partial charge in [-0.15, -0.1) is 0 Å². The lowest BCUT2D eigenvalue weighted by Crippen LogP contribution is -2.50. The van der Waals surface area contributed by atoms with Crippen LogP contribution < -0.4 is 5.32 Å². The molecule has 1 saturated carbocycles. The van der Waals surface area contributed by atoms with Gasteiger partial charge in [-0.3, -0.25) is 14.6 Å². The Labute approximate surface area is 152 Å². The van der Waals surface area contributed by atoms with E-state index in [9.17, 15) is 4.79 Å². The molecule has 0 aromatic heterocycles. The van der Waals surface area contributed by atoms with Crippen molar-refractivity contribution in [2.45, 2.75) is 58.0 Å². The van der Waals surface area contributed by atoms with Crippen LogP contribution >= 0.6 is 0 Å². The van der Waals surface area contributed by atoms with Crippen molar-refractivity contribution in [2.24, 2.45) is 0 Å². The summed E-state index contributed by atoms with van der Waals surface area (Å²) in [6.07, 6.45) is 7.52. The van der Waals surface area contributed by atoms with Gasteiger partial charge in [-0.1, -0.05) is 49.9 Å². The van der Waals surface area contributed by atoms with Gasteiger partial charge < -0.3 is 5.32 Å². The highest BCUT2D eigenvalue weighted by Gasteiger charge is 2.21. The minimum Gasteiger partial charge on any atom is -0.352 e. The largest absolute Gasteiger partial charge is 0.352 e. The molecule has 1 aromatic carbocycles. The molecule has 1 aliphatic carbocycles. The molecule has 0 spiro atoms. The Kier molecular flexibility index (Phi) is 6.88. The summed E-state index contributed by atoms with van der Waals surface area (Å²) in [6, 6.07) is 9.04. The number of hydrogen-bond donors (Lipinski definition) is 1. The van der Waals surface area contributed by atoms with Crippen molar-refractivity contribution in [3.05, 3.63) is 35.4 Å². The highest BCUT2D eigenvalue weighted by molar-refractivity contribution is 5.78. The number of hydrogen-bond acceptors (Lipinski definition) is 3. The van der Waals surface area contributed by atoms with E-state index in [4.69, 9.17) is 0 Å². The summed E-state index contributed by atoms with van der Waals surface area (Å²) in [6.45, 7) is 7.84. The fourth-order valence-electron chi connectivity index (χ4n) is 4.03. The lowest BCUT2D eigenvalue weighted by molar-refractivity contribution is -0.123. The molecule has 138 valence electrons. The Bertz CT molecular complexity index is 544. The van der Waals surface area contributed by atoms with E-state index in [0.717, 1.165) is 45.6 Å². The van der Waals surface area contributed by atoms with Crippen LogP contribution in [0.2, 0.25) is 0 Å². The highest BCUT2D eigenvalue weighted by Crippen LogP contribution is 2.17. The molecule has 2 aliphatic rings. The van der Waals surface area contributed by atoms with E-state index >= 15 is 0 Å². The Hall–Kier alpha value is -1.39. The van der Waals surface area contributed by atoms with Crippen LogP contribution in [0.15, 0.2) is 24.3 Å². The summed E-state index contributed by atoms with van der Waals surface area (Å²) in [5, 5.41) is 3.27. The van der Waals surface area contributed by atoms with Gasteiger partial charge in [-0.2, -0.15) is 0 Å². The van der Waals surface area contributed by atoms with E-state index in [2.05, 4.69) is 46.3 Å². The van der Waals surface area contributed by atoms with Crippen LogP contribution in [-0.4, -0.2) is 54.5 Å². The molecule has 1 heterocycles. The number of nitrogens with zero attached hydrogens (tertiary/aromatic N) is 2. The second-order valence-electron chi connectivity index (χ2n) is 7.73. The normalized spacial score (nSPS) is 21.0. The number of nitrogens with one attached hydrogen (secondary N) is 1. The molecule has 1 saturated heterocycles. The molecule has 4 nitrogen and oxygen atoms in total. The van der Waals surface area contributed by atoms with Crippen LogP contribution in [0.1, 0.15) is 49.7 Å². The van der Waals surface area contributed by atoms with Gasteiger partial charge in [0.15, 0.2) is 0 Å². The van der Waals surface area contributed by atoms with Gasteiger partial charge in [0, 0.05) is 38.8 Å². The van der Waals surface area contributed by atoms with Gasteiger partial charge in [0.05, 0.1) is 6.54 Å². The maximum Gasteiger partial charge on any atom is 0.234 e. The van der Waals surface area contributed by atoms with Gasteiger partial charge >= 0.3 is 0 Å². The lowest BCUT2D eigenvalue weighted by Gasteiger charge is -2.34. The molecule has 1 amide bonds. The van der Waals surface area contributed by atoms with Crippen LogP contribution in [0.3, 0.4) is 0 Å². The predicted octanol–water partition coefficient (Wildman–Crippen LogP) is 2.95. The number of benzene rings is 1. The molecule has 0 radical (unpaired) electrons. The molecule has 25 heavy (non-hydrogen) atoms. The number of amides is 1. The Morgan fingerprint density at radius 2 is 1.64 bits per heavy atom. The van der Waals surface area contributed by atoms with E-state index in [0.29, 0.717) is 12.6 Å². The lowest BCUT2D eigenvalue weighted by atomic mass is 10.1. The molecule has 0 bridgehead atoms. The minimum absolute atomic E-state index is 0.222. The topological polar surface area (TPSA) is 35.6 Å². The molecular formula is C21H33N3O. The van der Waals surface area contributed by atoms with Crippen LogP contribution in [0.4, 0.5) is 0 Å². The van der Waals surface area contributed by atoms with Crippen molar-refractivity contribution in [2.75, 3.05) is 32.7 Å². The molecule has 0 unspecified atom stereocenters. The van der Waals surface area contributed by atoms with Crippen molar-refractivity contribution >= 4 is 5.91 Å². The molecule has 1 aromatic rings. The fourth-order valence-corrected chi connectivity index (χ4v) is 4.03. The number of rotatable bonds is 5. The zero-order valence-electron chi connectivity index (χ0n) is 15.7. The summed E-state index contributed by atoms with van der Waals surface area (Å²) in [4.78, 5) is 17.2. The van der Waals surface area contributed by atoms with E-state index in [1.54, 1.807) is 0 Å². The van der Waals surface area contributed by atoms with Crippen LogP contribution in [0.25, 0.3) is 0 Å². The summed E-state index contributed by atoms with van der Waals surface area (Å²) < 4.78 is 0. The summed E-state index contributed by atoms with van der Waals surface area (Å²) in [5.41, 5.74) is 2.79. The van der Waals surface area contributed by atoms with Gasteiger partial charge in [0.2, 0.25) is 5.91 Å². The smallest absolute Gasteiger partial charge is 0.234 e. The monoisotopic (exact) mass is 343 g/mol. The van der Waals surface area contributed by atoms with E-state index in [-0.39, 0.29) is 5.91 Å². The quantitative estimate of drug-likeness (QED) is 0.835. The van der Waals surface area contributed by atoms with Gasteiger partial charge in [-0.05, 0) is 30.9 Å². The third-order valence-corrected chi connectivity index (χ3v) is 5.71. The molecule has 2 fully saturated rings. The second kappa shape index (κ2) is 9.35. The first-order valence-electron chi connectivity index (χ1n) is 9.99. The average molecular weight is 344 g/mol. The molecule has 1 N–H and O–H groups in total.